The van der Waals surface area contributed by atoms with E-state index in [1.807, 2.05) is 18.2 Å². The predicted octanol–water partition coefficient (Wildman–Crippen LogP) is 1.08. The maximum absolute atomic E-state index is 11.9. The number of nitrogens with one attached hydrogen (secondary N) is 3. The number of hydrogen-bond donors (Lipinski definition) is 4. The Bertz CT molecular complexity index is 815. The van der Waals surface area contributed by atoms with Gasteiger partial charge in [-0.15, -0.1) is 0 Å². The van der Waals surface area contributed by atoms with Crippen LogP contribution in [0.25, 0.3) is 0 Å². The molecule has 0 bridgehead atoms. The fraction of sp³-hybridized carbons (Fsp3) is 0.250. The van der Waals surface area contributed by atoms with Crippen molar-refractivity contribution in [3.05, 3.63) is 70.8 Å². The van der Waals surface area contributed by atoms with E-state index in [9.17, 15) is 9.59 Å². The summed E-state index contributed by atoms with van der Waals surface area (Å²) in [4.78, 5) is 26.8. The van der Waals surface area contributed by atoms with Crippen LogP contribution in [0.1, 0.15) is 27.0 Å². The first-order chi connectivity index (χ1) is 13.0. The van der Waals surface area contributed by atoms with Crippen molar-refractivity contribution in [3.8, 4) is 0 Å². The molecule has 5 N–H and O–H groups in total. The van der Waals surface area contributed by atoms with Crippen LogP contribution in [0.3, 0.4) is 0 Å². The lowest BCUT2D eigenvalue weighted by molar-refractivity contribution is -0.117. The highest BCUT2D eigenvalue weighted by Gasteiger charge is 2.06. The number of nitrogens with zero attached hydrogens (tertiary/aromatic N) is 1. The van der Waals surface area contributed by atoms with Crippen molar-refractivity contribution < 1.29 is 9.59 Å². The number of carbonyl (C=O) groups is 2. The van der Waals surface area contributed by atoms with Crippen LogP contribution >= 0.6 is 0 Å². The second-order valence-corrected chi connectivity index (χ2v) is 6.11. The highest BCUT2D eigenvalue weighted by molar-refractivity contribution is 5.96. The third kappa shape index (κ3) is 6.81. The second kappa shape index (κ2) is 9.96. The summed E-state index contributed by atoms with van der Waals surface area (Å²) >= 11 is 0. The molecule has 7 nitrogen and oxygen atoms in total. The molecule has 7 heteroatoms. The Labute approximate surface area is 159 Å². The molecule has 27 heavy (non-hydrogen) atoms. The maximum atomic E-state index is 11.9. The molecule has 0 atom stereocenters. The molecule has 2 amide bonds. The Morgan fingerprint density at radius 2 is 1.63 bits per heavy atom. The zero-order chi connectivity index (χ0) is 19.6. The summed E-state index contributed by atoms with van der Waals surface area (Å²) in [6, 6.07) is 15.4. The summed E-state index contributed by atoms with van der Waals surface area (Å²) in [6.45, 7) is 3.14. The van der Waals surface area contributed by atoms with E-state index in [4.69, 9.17) is 5.73 Å². The van der Waals surface area contributed by atoms with Crippen molar-refractivity contribution in [2.75, 3.05) is 13.6 Å². The lowest BCUT2D eigenvalue weighted by Gasteiger charge is -2.12. The van der Waals surface area contributed by atoms with Gasteiger partial charge in [-0.3, -0.25) is 14.6 Å². The first kappa shape index (κ1) is 20.0. The highest BCUT2D eigenvalue weighted by atomic mass is 16.2. The number of aliphatic imine (C=N–C) groups is 1. The van der Waals surface area contributed by atoms with Gasteiger partial charge in [0.15, 0.2) is 5.96 Å². The number of nitrogens with two attached hydrogens (primary N) is 1. The standard InChI is InChI=1S/C20H25N5O2/c1-14-4-3-5-16(10-14)12-25-20(22-2)24-11-15-6-8-17(9-7-15)19(27)23-13-18(21)26/h3-10H,11-13H2,1-2H3,(H2,21,26)(H,23,27)(H2,22,24,25). The van der Waals surface area contributed by atoms with Gasteiger partial charge in [-0.1, -0.05) is 42.0 Å². The van der Waals surface area contributed by atoms with E-state index in [0.717, 1.165) is 5.56 Å². The topological polar surface area (TPSA) is 109 Å². The minimum Gasteiger partial charge on any atom is -0.368 e. The second-order valence-electron chi connectivity index (χ2n) is 6.11. The molecule has 0 aliphatic heterocycles. The van der Waals surface area contributed by atoms with E-state index in [1.54, 1.807) is 19.2 Å². The number of guanidine groups is 1. The largest absolute Gasteiger partial charge is 0.368 e. The molecule has 0 spiro atoms. The molecule has 0 saturated heterocycles. The summed E-state index contributed by atoms with van der Waals surface area (Å²) < 4.78 is 0. The molecule has 142 valence electrons. The molecular weight excluding hydrogens is 342 g/mol. The van der Waals surface area contributed by atoms with Gasteiger partial charge in [-0.25, -0.2) is 0 Å². The Kier molecular flexibility index (Phi) is 7.37. The van der Waals surface area contributed by atoms with Crippen LogP contribution < -0.4 is 21.7 Å². The third-order valence-corrected chi connectivity index (χ3v) is 3.87. The maximum Gasteiger partial charge on any atom is 0.251 e. The Balaban J connectivity index is 1.83. The number of primary amides is 1. The lowest BCUT2D eigenvalue weighted by atomic mass is 10.1. The zero-order valence-electron chi connectivity index (χ0n) is 15.6. The summed E-state index contributed by atoms with van der Waals surface area (Å²) in [6.07, 6.45) is 0. The first-order valence-corrected chi connectivity index (χ1v) is 8.63. The smallest absolute Gasteiger partial charge is 0.251 e. The van der Waals surface area contributed by atoms with Gasteiger partial charge in [-0.05, 0) is 30.2 Å². The van der Waals surface area contributed by atoms with E-state index in [1.165, 1.54) is 11.1 Å². The molecule has 0 aromatic heterocycles. The Morgan fingerprint density at radius 1 is 0.963 bits per heavy atom. The summed E-state index contributed by atoms with van der Waals surface area (Å²) in [5, 5.41) is 8.96. The van der Waals surface area contributed by atoms with Crippen molar-refractivity contribution >= 4 is 17.8 Å². The molecule has 2 aromatic carbocycles. The number of amides is 2. The average Bonchev–Trinajstić information content (AvgIpc) is 2.66. The zero-order valence-corrected chi connectivity index (χ0v) is 15.6. The molecule has 0 aliphatic rings. The van der Waals surface area contributed by atoms with Crippen molar-refractivity contribution in [1.82, 2.24) is 16.0 Å². The number of aryl methyl sites for hydroxylation is 1. The van der Waals surface area contributed by atoms with Gasteiger partial charge in [0.1, 0.15) is 0 Å². The normalized spacial score (nSPS) is 11.0. The van der Waals surface area contributed by atoms with Crippen molar-refractivity contribution in [2.45, 2.75) is 20.0 Å². The van der Waals surface area contributed by atoms with E-state index in [-0.39, 0.29) is 12.5 Å². The summed E-state index contributed by atoms with van der Waals surface area (Å²) in [7, 11) is 1.72. The highest BCUT2D eigenvalue weighted by Crippen LogP contribution is 2.05. The number of rotatable bonds is 7. The fourth-order valence-electron chi connectivity index (χ4n) is 2.46. The van der Waals surface area contributed by atoms with Gasteiger partial charge in [-0.2, -0.15) is 0 Å². The van der Waals surface area contributed by atoms with Crippen LogP contribution in [0, 0.1) is 6.92 Å². The van der Waals surface area contributed by atoms with Crippen LogP contribution in [0.2, 0.25) is 0 Å². The number of hydrogen-bond acceptors (Lipinski definition) is 3. The van der Waals surface area contributed by atoms with Crippen LogP contribution in [0.5, 0.6) is 0 Å². The SMILES string of the molecule is CN=C(NCc1ccc(C(=O)NCC(N)=O)cc1)NCc1cccc(C)c1. The number of benzene rings is 2. The lowest BCUT2D eigenvalue weighted by Crippen LogP contribution is -2.36. The first-order valence-electron chi connectivity index (χ1n) is 8.63. The quantitative estimate of drug-likeness (QED) is 0.434. The van der Waals surface area contributed by atoms with Crippen LogP contribution in [0.4, 0.5) is 0 Å². The van der Waals surface area contributed by atoms with E-state index in [2.05, 4.69) is 46.1 Å². The van der Waals surface area contributed by atoms with E-state index in [0.29, 0.717) is 24.6 Å². The van der Waals surface area contributed by atoms with Gasteiger partial charge in [0, 0.05) is 25.7 Å². The molecule has 2 rings (SSSR count). The molecule has 0 aliphatic carbocycles. The Hall–Kier alpha value is -3.35. The van der Waals surface area contributed by atoms with Gasteiger partial charge in [0.2, 0.25) is 5.91 Å². The minimum atomic E-state index is -0.575. The van der Waals surface area contributed by atoms with Crippen LogP contribution in [0.15, 0.2) is 53.5 Å². The monoisotopic (exact) mass is 367 g/mol. The molecular formula is C20H25N5O2. The minimum absolute atomic E-state index is 0.176. The van der Waals surface area contributed by atoms with Crippen molar-refractivity contribution in [1.29, 1.82) is 0 Å². The molecule has 0 saturated carbocycles. The average molecular weight is 367 g/mol. The summed E-state index contributed by atoms with van der Waals surface area (Å²) in [5.74, 6) is -0.211. The molecule has 2 aromatic rings. The van der Waals surface area contributed by atoms with Gasteiger partial charge >= 0.3 is 0 Å². The van der Waals surface area contributed by atoms with Crippen molar-refractivity contribution in [3.63, 3.8) is 0 Å². The van der Waals surface area contributed by atoms with Gasteiger partial charge < -0.3 is 21.7 Å². The van der Waals surface area contributed by atoms with E-state index >= 15 is 0 Å². The molecule has 0 radical (unpaired) electrons. The third-order valence-electron chi connectivity index (χ3n) is 3.87. The molecule has 0 fully saturated rings. The summed E-state index contributed by atoms with van der Waals surface area (Å²) in [5.41, 5.74) is 8.89. The molecule has 0 heterocycles. The fourth-order valence-corrected chi connectivity index (χ4v) is 2.46. The van der Waals surface area contributed by atoms with Crippen molar-refractivity contribution in [2.24, 2.45) is 10.7 Å². The Morgan fingerprint density at radius 3 is 2.22 bits per heavy atom. The predicted molar refractivity (Wildman–Crippen MR) is 106 cm³/mol. The number of carbonyl (C=O) groups excluding carboxylic acids is 2. The van der Waals surface area contributed by atoms with Crippen LogP contribution in [-0.4, -0.2) is 31.4 Å². The molecule has 0 unspecified atom stereocenters. The van der Waals surface area contributed by atoms with Gasteiger partial charge in [0.25, 0.3) is 5.91 Å². The van der Waals surface area contributed by atoms with E-state index < -0.39 is 5.91 Å². The van der Waals surface area contributed by atoms with Gasteiger partial charge in [0.05, 0.1) is 6.54 Å². The van der Waals surface area contributed by atoms with Crippen LogP contribution in [-0.2, 0) is 17.9 Å².